The lowest BCUT2D eigenvalue weighted by Gasteiger charge is -2.25. The molecular weight excluding hydrogens is 388 g/mol. The lowest BCUT2D eigenvalue weighted by atomic mass is 9.86. The van der Waals surface area contributed by atoms with Gasteiger partial charge < -0.3 is 19.7 Å². The molecule has 2 aromatic rings. The van der Waals surface area contributed by atoms with Crippen molar-refractivity contribution in [2.75, 3.05) is 31.1 Å². The van der Waals surface area contributed by atoms with Crippen LogP contribution in [0, 0.1) is 5.92 Å². The van der Waals surface area contributed by atoms with Gasteiger partial charge in [0.25, 0.3) is 0 Å². The van der Waals surface area contributed by atoms with Crippen LogP contribution in [-0.2, 0) is 4.79 Å². The molecule has 4 rings (SSSR count). The van der Waals surface area contributed by atoms with Crippen molar-refractivity contribution in [2.45, 2.75) is 51.6 Å². The third-order valence-electron chi connectivity index (χ3n) is 6.48. The van der Waals surface area contributed by atoms with Crippen LogP contribution in [0.5, 0.6) is 11.5 Å². The lowest BCUT2D eigenvalue weighted by molar-refractivity contribution is -0.122. The van der Waals surface area contributed by atoms with Gasteiger partial charge in [0.1, 0.15) is 17.6 Å². The third-order valence-corrected chi connectivity index (χ3v) is 6.48. The Balaban J connectivity index is 1.26. The highest BCUT2D eigenvalue weighted by atomic mass is 16.5. The van der Waals surface area contributed by atoms with Crippen LogP contribution in [-0.4, -0.2) is 38.3 Å². The molecule has 1 aliphatic heterocycles. The zero-order valence-corrected chi connectivity index (χ0v) is 18.7. The second kappa shape index (κ2) is 10.1. The summed E-state index contributed by atoms with van der Waals surface area (Å²) in [5.74, 6) is 2.48. The van der Waals surface area contributed by atoms with Crippen molar-refractivity contribution in [1.82, 2.24) is 5.32 Å². The van der Waals surface area contributed by atoms with Crippen LogP contribution in [0.1, 0.15) is 51.0 Å². The Morgan fingerprint density at radius 2 is 1.77 bits per heavy atom. The fourth-order valence-electron chi connectivity index (χ4n) is 4.19. The molecule has 1 aliphatic carbocycles. The first-order valence-electron chi connectivity index (χ1n) is 11.6. The average molecular weight is 423 g/mol. The lowest BCUT2D eigenvalue weighted by Crippen LogP contribution is -2.27. The standard InChI is InChI=1S/C26H34N2O3/c1-3-27-26(29)19(2)21-7-11-24(12-8-21)31-25-15-16-28(17-25)22-9-13-23(14-10-22)30-18-20-5-4-6-20/h7-14,19-20,25H,3-6,15-18H2,1-2H3,(H,27,29)/t19?,25-/m1/s1. The van der Waals surface area contributed by atoms with E-state index in [2.05, 4.69) is 34.5 Å². The number of carbonyl (C=O) groups excluding carboxylic acids is 1. The summed E-state index contributed by atoms with van der Waals surface area (Å²) in [5, 5.41) is 2.87. The zero-order chi connectivity index (χ0) is 21.6. The summed E-state index contributed by atoms with van der Waals surface area (Å²) in [6.07, 6.45) is 5.13. The number of hydrogen-bond acceptors (Lipinski definition) is 4. The van der Waals surface area contributed by atoms with Crippen LogP contribution in [0.25, 0.3) is 0 Å². The molecule has 0 bridgehead atoms. The molecule has 2 aliphatic rings. The van der Waals surface area contributed by atoms with E-state index in [4.69, 9.17) is 9.47 Å². The van der Waals surface area contributed by atoms with E-state index < -0.39 is 0 Å². The number of benzene rings is 2. The second-order valence-electron chi connectivity index (χ2n) is 8.76. The van der Waals surface area contributed by atoms with Crippen LogP contribution < -0.4 is 19.7 Å². The highest BCUT2D eigenvalue weighted by Gasteiger charge is 2.25. The van der Waals surface area contributed by atoms with Gasteiger partial charge in [-0.3, -0.25) is 4.79 Å². The summed E-state index contributed by atoms with van der Waals surface area (Å²) >= 11 is 0. The maximum Gasteiger partial charge on any atom is 0.227 e. The molecule has 1 amide bonds. The van der Waals surface area contributed by atoms with Gasteiger partial charge in [0.2, 0.25) is 5.91 Å². The highest BCUT2D eigenvalue weighted by Crippen LogP contribution is 2.29. The molecule has 1 unspecified atom stereocenters. The smallest absolute Gasteiger partial charge is 0.227 e. The molecule has 0 aromatic heterocycles. The molecule has 2 aromatic carbocycles. The van der Waals surface area contributed by atoms with Gasteiger partial charge in [-0.25, -0.2) is 0 Å². The van der Waals surface area contributed by atoms with Gasteiger partial charge >= 0.3 is 0 Å². The van der Waals surface area contributed by atoms with Crippen molar-refractivity contribution in [1.29, 1.82) is 0 Å². The van der Waals surface area contributed by atoms with Crippen LogP contribution in [0.15, 0.2) is 48.5 Å². The molecule has 1 saturated heterocycles. The molecule has 0 radical (unpaired) electrons. The minimum absolute atomic E-state index is 0.0575. The third kappa shape index (κ3) is 5.52. The van der Waals surface area contributed by atoms with Gasteiger partial charge in [-0.15, -0.1) is 0 Å². The van der Waals surface area contributed by atoms with Crippen LogP contribution in [0.4, 0.5) is 5.69 Å². The molecular formula is C26H34N2O3. The van der Waals surface area contributed by atoms with E-state index >= 15 is 0 Å². The molecule has 5 heteroatoms. The van der Waals surface area contributed by atoms with Gasteiger partial charge in [0, 0.05) is 25.2 Å². The number of anilines is 1. The summed E-state index contributed by atoms with van der Waals surface area (Å²) in [7, 11) is 0. The fraction of sp³-hybridized carbons (Fsp3) is 0.500. The van der Waals surface area contributed by atoms with Crippen molar-refractivity contribution in [3.8, 4) is 11.5 Å². The Morgan fingerprint density at radius 1 is 1.06 bits per heavy atom. The van der Waals surface area contributed by atoms with E-state index in [1.807, 2.05) is 38.1 Å². The molecule has 1 N–H and O–H groups in total. The van der Waals surface area contributed by atoms with Gasteiger partial charge in [-0.2, -0.15) is 0 Å². The van der Waals surface area contributed by atoms with E-state index in [-0.39, 0.29) is 17.9 Å². The van der Waals surface area contributed by atoms with Crippen molar-refractivity contribution >= 4 is 11.6 Å². The molecule has 0 spiro atoms. The topological polar surface area (TPSA) is 50.8 Å². The fourth-order valence-corrected chi connectivity index (χ4v) is 4.19. The molecule has 1 saturated carbocycles. The quantitative estimate of drug-likeness (QED) is 0.633. The number of rotatable bonds is 9. The number of carbonyl (C=O) groups is 1. The van der Waals surface area contributed by atoms with Gasteiger partial charge in [-0.1, -0.05) is 18.6 Å². The SMILES string of the molecule is CCNC(=O)C(C)c1ccc(O[C@@H]2CCN(c3ccc(OCC4CCC4)cc3)C2)cc1. The summed E-state index contributed by atoms with van der Waals surface area (Å²) in [6.45, 7) is 7.22. The molecule has 2 atom stereocenters. The maximum absolute atomic E-state index is 12.0. The minimum atomic E-state index is -0.156. The van der Waals surface area contributed by atoms with Crippen molar-refractivity contribution in [3.05, 3.63) is 54.1 Å². The Kier molecular flexibility index (Phi) is 7.00. The van der Waals surface area contributed by atoms with E-state index in [1.54, 1.807) is 0 Å². The normalized spacial score (nSPS) is 19.5. The van der Waals surface area contributed by atoms with Crippen LogP contribution in [0.2, 0.25) is 0 Å². The first-order chi connectivity index (χ1) is 15.1. The largest absolute Gasteiger partial charge is 0.493 e. The van der Waals surface area contributed by atoms with Crippen LogP contribution in [0.3, 0.4) is 0 Å². The Morgan fingerprint density at radius 3 is 2.42 bits per heavy atom. The molecule has 31 heavy (non-hydrogen) atoms. The van der Waals surface area contributed by atoms with Gasteiger partial charge in [0.05, 0.1) is 19.1 Å². The molecule has 1 heterocycles. The maximum atomic E-state index is 12.0. The minimum Gasteiger partial charge on any atom is -0.493 e. The molecule has 166 valence electrons. The zero-order valence-electron chi connectivity index (χ0n) is 18.7. The predicted molar refractivity (Wildman–Crippen MR) is 124 cm³/mol. The van der Waals surface area contributed by atoms with E-state index in [1.165, 1.54) is 24.9 Å². The number of hydrogen-bond donors (Lipinski definition) is 1. The number of nitrogens with one attached hydrogen (secondary N) is 1. The van der Waals surface area contributed by atoms with Crippen LogP contribution >= 0.6 is 0 Å². The summed E-state index contributed by atoms with van der Waals surface area (Å²) in [5.41, 5.74) is 2.22. The number of nitrogens with zero attached hydrogens (tertiary/aromatic N) is 1. The predicted octanol–water partition coefficient (Wildman–Crippen LogP) is 4.76. The monoisotopic (exact) mass is 422 g/mol. The average Bonchev–Trinajstić information content (AvgIpc) is 3.22. The number of amides is 1. The summed E-state index contributed by atoms with van der Waals surface area (Å²) < 4.78 is 12.1. The first-order valence-corrected chi connectivity index (χ1v) is 11.6. The van der Waals surface area contributed by atoms with Gasteiger partial charge in [-0.05, 0) is 74.6 Å². The Labute approximate surface area is 185 Å². The second-order valence-corrected chi connectivity index (χ2v) is 8.76. The highest BCUT2D eigenvalue weighted by molar-refractivity contribution is 5.83. The van der Waals surface area contributed by atoms with E-state index in [0.29, 0.717) is 6.54 Å². The Bertz CT molecular complexity index is 846. The Hall–Kier alpha value is -2.69. The van der Waals surface area contributed by atoms with Crippen molar-refractivity contribution in [3.63, 3.8) is 0 Å². The summed E-state index contributed by atoms with van der Waals surface area (Å²) in [6, 6.07) is 16.4. The number of likely N-dealkylation sites (N-methyl/N-ethyl adjacent to an activating group) is 1. The molecule has 2 fully saturated rings. The van der Waals surface area contributed by atoms with E-state index in [0.717, 1.165) is 49.1 Å². The first kappa shape index (κ1) is 21.5. The molecule has 5 nitrogen and oxygen atoms in total. The number of ether oxygens (including phenoxy) is 2. The van der Waals surface area contributed by atoms with Crippen molar-refractivity contribution < 1.29 is 14.3 Å². The summed E-state index contributed by atoms with van der Waals surface area (Å²) in [4.78, 5) is 14.4. The van der Waals surface area contributed by atoms with Crippen molar-refractivity contribution in [2.24, 2.45) is 5.92 Å². The van der Waals surface area contributed by atoms with Gasteiger partial charge in [0.15, 0.2) is 0 Å². The van der Waals surface area contributed by atoms with E-state index in [9.17, 15) is 4.79 Å².